The van der Waals surface area contributed by atoms with E-state index in [4.69, 9.17) is 20.9 Å². The van der Waals surface area contributed by atoms with Crippen LogP contribution in [0.2, 0.25) is 0 Å². The van der Waals surface area contributed by atoms with Crippen molar-refractivity contribution in [3.63, 3.8) is 0 Å². The average Bonchev–Trinajstić information content (AvgIpc) is 2.33. The predicted molar refractivity (Wildman–Crippen MR) is 64.7 cm³/mol. The number of rotatable bonds is 2. The molecule has 0 aliphatic carbocycles. The van der Waals surface area contributed by atoms with Gasteiger partial charge in [0.2, 0.25) is 0 Å². The van der Waals surface area contributed by atoms with E-state index in [1.807, 2.05) is 0 Å². The highest BCUT2D eigenvalue weighted by Crippen LogP contribution is 2.45. The molecule has 1 aromatic rings. The zero-order chi connectivity index (χ0) is 12.6. The van der Waals surface area contributed by atoms with E-state index in [1.165, 1.54) is 20.4 Å². The molecule has 0 spiro atoms. The first kappa shape index (κ1) is 11.4. The van der Waals surface area contributed by atoms with E-state index < -0.39 is 0 Å². The van der Waals surface area contributed by atoms with Crippen molar-refractivity contribution in [1.82, 2.24) is 5.06 Å². The van der Waals surface area contributed by atoms with Crippen molar-refractivity contribution in [2.45, 2.75) is 6.54 Å². The largest absolute Gasteiger partial charge is 0.491 e. The fourth-order valence-electron chi connectivity index (χ4n) is 1.95. The smallest absolute Gasteiger partial charge is 0.186 e. The molecule has 17 heavy (non-hydrogen) atoms. The van der Waals surface area contributed by atoms with Crippen molar-refractivity contribution in [2.75, 3.05) is 25.7 Å². The summed E-state index contributed by atoms with van der Waals surface area (Å²) in [4.78, 5) is 0. The zero-order valence-electron chi connectivity index (χ0n) is 9.73. The van der Waals surface area contributed by atoms with Gasteiger partial charge in [-0.25, -0.2) is 0 Å². The Kier molecular flexibility index (Phi) is 2.72. The molecule has 0 amide bonds. The summed E-state index contributed by atoms with van der Waals surface area (Å²) >= 11 is 0. The van der Waals surface area contributed by atoms with E-state index in [1.54, 1.807) is 6.08 Å². The van der Waals surface area contributed by atoms with Gasteiger partial charge in [-0.15, -0.1) is 0 Å². The molecule has 2 rings (SSSR count). The standard InChI is InChI=1S/C11H15N3O3/c1-16-10-8(12)6-3-4-14(15)5-7(6)9(13)11(10)17-2/h3-4,15H,5,12-13H2,1-2H3. The summed E-state index contributed by atoms with van der Waals surface area (Å²) in [6.07, 6.45) is 3.20. The second-order valence-electron chi connectivity index (χ2n) is 3.70. The maximum absolute atomic E-state index is 9.44. The molecule has 0 bridgehead atoms. The molecule has 0 saturated carbocycles. The number of nitrogen functional groups attached to an aromatic ring is 2. The van der Waals surface area contributed by atoms with Gasteiger partial charge in [0, 0.05) is 17.3 Å². The van der Waals surface area contributed by atoms with E-state index in [-0.39, 0.29) is 6.54 Å². The fraction of sp³-hybridized carbons (Fsp3) is 0.273. The summed E-state index contributed by atoms with van der Waals surface area (Å²) in [5.74, 6) is 0.812. The van der Waals surface area contributed by atoms with Gasteiger partial charge in [0.1, 0.15) is 0 Å². The van der Waals surface area contributed by atoms with Gasteiger partial charge in [-0.1, -0.05) is 0 Å². The van der Waals surface area contributed by atoms with Gasteiger partial charge in [-0.3, -0.25) is 10.3 Å². The van der Waals surface area contributed by atoms with E-state index in [2.05, 4.69) is 0 Å². The van der Waals surface area contributed by atoms with Gasteiger partial charge in [0.15, 0.2) is 11.5 Å². The zero-order valence-corrected chi connectivity index (χ0v) is 9.73. The lowest BCUT2D eigenvalue weighted by Gasteiger charge is -2.24. The minimum Gasteiger partial charge on any atom is -0.491 e. The van der Waals surface area contributed by atoms with Gasteiger partial charge in [-0.05, 0) is 6.08 Å². The molecule has 1 aliphatic heterocycles. The topological polar surface area (TPSA) is 94.0 Å². The third-order valence-electron chi connectivity index (χ3n) is 2.78. The Morgan fingerprint density at radius 2 is 1.76 bits per heavy atom. The average molecular weight is 237 g/mol. The van der Waals surface area contributed by atoms with Crippen LogP contribution in [-0.2, 0) is 6.54 Å². The molecular weight excluding hydrogens is 222 g/mol. The number of anilines is 2. The molecule has 0 radical (unpaired) electrons. The van der Waals surface area contributed by atoms with Gasteiger partial charge < -0.3 is 20.9 Å². The highest BCUT2D eigenvalue weighted by molar-refractivity contribution is 5.85. The second kappa shape index (κ2) is 4.06. The maximum atomic E-state index is 9.44. The van der Waals surface area contributed by atoms with E-state index in [9.17, 15) is 5.21 Å². The predicted octanol–water partition coefficient (Wildman–Crippen LogP) is 1.04. The minimum atomic E-state index is 0.266. The van der Waals surface area contributed by atoms with Crippen LogP contribution in [0.15, 0.2) is 6.20 Å². The first-order chi connectivity index (χ1) is 8.10. The summed E-state index contributed by atoms with van der Waals surface area (Å²) < 4.78 is 10.4. The molecule has 6 heteroatoms. The summed E-state index contributed by atoms with van der Waals surface area (Å²) in [6, 6.07) is 0. The van der Waals surface area contributed by atoms with Gasteiger partial charge in [0.25, 0.3) is 0 Å². The number of benzene rings is 1. The minimum absolute atomic E-state index is 0.266. The lowest BCUT2D eigenvalue weighted by Crippen LogP contribution is -2.18. The Labute approximate surface area is 99.0 Å². The molecule has 5 N–H and O–H groups in total. The van der Waals surface area contributed by atoms with Crippen molar-refractivity contribution in [1.29, 1.82) is 0 Å². The SMILES string of the molecule is COc1c(N)c2c(c(N)c1OC)CN(O)C=C2. The van der Waals surface area contributed by atoms with E-state index >= 15 is 0 Å². The molecule has 0 fully saturated rings. The Hall–Kier alpha value is -2.08. The summed E-state index contributed by atoms with van der Waals surface area (Å²) in [5.41, 5.74) is 14.3. The third-order valence-corrected chi connectivity index (χ3v) is 2.78. The molecule has 0 unspecified atom stereocenters. The van der Waals surface area contributed by atoms with Crippen LogP contribution in [0.3, 0.4) is 0 Å². The van der Waals surface area contributed by atoms with Crippen LogP contribution < -0.4 is 20.9 Å². The van der Waals surface area contributed by atoms with E-state index in [0.29, 0.717) is 22.9 Å². The molecule has 1 aromatic carbocycles. The molecule has 92 valence electrons. The van der Waals surface area contributed by atoms with Gasteiger partial charge in [-0.2, -0.15) is 0 Å². The van der Waals surface area contributed by atoms with Crippen molar-refractivity contribution in [3.8, 4) is 11.5 Å². The molecule has 0 atom stereocenters. The molecule has 0 saturated heterocycles. The van der Waals surface area contributed by atoms with Crippen molar-refractivity contribution in [2.24, 2.45) is 0 Å². The maximum Gasteiger partial charge on any atom is 0.186 e. The Balaban J connectivity index is 2.72. The number of hydroxylamine groups is 2. The molecule has 1 aliphatic rings. The highest BCUT2D eigenvalue weighted by atomic mass is 16.5. The molecule has 0 aromatic heterocycles. The van der Waals surface area contributed by atoms with Crippen LogP contribution in [-0.4, -0.2) is 24.5 Å². The number of hydrogen-bond donors (Lipinski definition) is 3. The summed E-state index contributed by atoms with van der Waals surface area (Å²) in [6.45, 7) is 0.266. The van der Waals surface area contributed by atoms with E-state index in [0.717, 1.165) is 16.2 Å². The highest BCUT2D eigenvalue weighted by Gasteiger charge is 2.23. The van der Waals surface area contributed by atoms with Crippen LogP contribution in [0.25, 0.3) is 6.08 Å². The quantitative estimate of drug-likeness (QED) is 0.665. The molecular formula is C11H15N3O3. The second-order valence-corrected chi connectivity index (χ2v) is 3.70. The number of hydrogen-bond acceptors (Lipinski definition) is 6. The fourth-order valence-corrected chi connectivity index (χ4v) is 1.95. The number of nitrogens with zero attached hydrogens (tertiary/aromatic N) is 1. The molecule has 6 nitrogen and oxygen atoms in total. The Morgan fingerprint density at radius 1 is 1.18 bits per heavy atom. The lowest BCUT2D eigenvalue weighted by molar-refractivity contribution is -0.0493. The van der Waals surface area contributed by atoms with Crippen LogP contribution >= 0.6 is 0 Å². The molecule has 1 heterocycles. The van der Waals surface area contributed by atoms with Gasteiger partial charge in [0.05, 0.1) is 32.1 Å². The third kappa shape index (κ3) is 1.62. The van der Waals surface area contributed by atoms with Crippen molar-refractivity contribution >= 4 is 17.5 Å². The monoisotopic (exact) mass is 237 g/mol. The first-order valence-electron chi connectivity index (χ1n) is 5.05. The van der Waals surface area contributed by atoms with Crippen molar-refractivity contribution < 1.29 is 14.7 Å². The Bertz CT molecular complexity index is 486. The summed E-state index contributed by atoms with van der Waals surface area (Å²) in [5, 5.41) is 10.5. The number of ether oxygens (including phenoxy) is 2. The summed E-state index contributed by atoms with van der Waals surface area (Å²) in [7, 11) is 3.00. The Morgan fingerprint density at radius 3 is 2.35 bits per heavy atom. The van der Waals surface area contributed by atoms with Crippen LogP contribution in [0, 0.1) is 0 Å². The normalized spacial score (nSPS) is 13.5. The van der Waals surface area contributed by atoms with Crippen LogP contribution in [0.5, 0.6) is 11.5 Å². The lowest BCUT2D eigenvalue weighted by atomic mass is 9.99. The number of fused-ring (bicyclic) bond motifs is 1. The van der Waals surface area contributed by atoms with Crippen LogP contribution in [0.4, 0.5) is 11.4 Å². The first-order valence-corrected chi connectivity index (χ1v) is 5.05. The van der Waals surface area contributed by atoms with Gasteiger partial charge >= 0.3 is 0 Å². The van der Waals surface area contributed by atoms with Crippen molar-refractivity contribution in [3.05, 3.63) is 17.3 Å². The van der Waals surface area contributed by atoms with Crippen LogP contribution in [0.1, 0.15) is 11.1 Å². The number of methoxy groups -OCH3 is 2. The number of nitrogens with two attached hydrogens (primary N) is 2.